The molecule has 0 fully saturated rings. The summed E-state index contributed by atoms with van der Waals surface area (Å²) in [5, 5.41) is 11.6. The first-order chi connectivity index (χ1) is 17.7. The molecule has 0 N–H and O–H groups in total. The molecule has 0 atom stereocenters. The summed E-state index contributed by atoms with van der Waals surface area (Å²) in [6.45, 7) is 0. The van der Waals surface area contributed by atoms with Gasteiger partial charge in [0.25, 0.3) is 0 Å². The average molecular weight is 520 g/mol. The van der Waals surface area contributed by atoms with Crippen molar-refractivity contribution in [2.45, 2.75) is 0 Å². The number of ketones is 2. The molecule has 0 aliphatic heterocycles. The van der Waals surface area contributed by atoms with Gasteiger partial charge < -0.3 is 0 Å². The highest BCUT2D eigenvalue weighted by molar-refractivity contribution is 7.20. The Bertz CT molecular complexity index is 1720. The zero-order valence-corrected chi connectivity index (χ0v) is 21.3. The molecule has 7 rings (SSSR count). The lowest BCUT2D eigenvalue weighted by Crippen LogP contribution is -2.04. The Morgan fingerprint density at radius 3 is 1.69 bits per heavy atom. The zero-order chi connectivity index (χ0) is 24.2. The van der Waals surface area contributed by atoms with Gasteiger partial charge in [-0.3, -0.25) is 14.5 Å². The monoisotopic (exact) mass is 519 g/mol. The van der Waals surface area contributed by atoms with Crippen LogP contribution in [0.5, 0.6) is 0 Å². The first-order valence-electron chi connectivity index (χ1n) is 11.4. The molecule has 0 spiro atoms. The van der Waals surface area contributed by atoms with E-state index in [9.17, 15) is 9.59 Å². The maximum atomic E-state index is 13.3. The largest absolute Gasteiger partial charge is 0.288 e. The molecule has 3 aromatic carbocycles. The minimum atomic E-state index is -0.201. The van der Waals surface area contributed by atoms with Crippen molar-refractivity contribution in [1.82, 2.24) is 0 Å². The topological polar surface area (TPSA) is 37.4 Å². The van der Waals surface area contributed by atoms with Crippen molar-refractivity contribution in [3.05, 3.63) is 117 Å². The molecule has 0 bridgehead atoms. The third-order valence-electron chi connectivity index (χ3n) is 6.39. The quantitative estimate of drug-likeness (QED) is 0.132. The van der Waals surface area contributed by atoms with Crippen LogP contribution in [-0.2, 0) is 0 Å². The highest BCUT2D eigenvalue weighted by Gasteiger charge is 2.33. The SMILES string of the molecule is O=C1C(=Cc2ccc(N(c3cccs3)c3cccs3)s2)C(=O)c2cc3cc4ccccc4cc3cc21. The highest BCUT2D eigenvalue weighted by Crippen LogP contribution is 2.43. The normalized spacial score (nSPS) is 13.1. The van der Waals surface area contributed by atoms with Crippen LogP contribution in [0.1, 0.15) is 25.6 Å². The van der Waals surface area contributed by atoms with E-state index in [0.29, 0.717) is 11.1 Å². The van der Waals surface area contributed by atoms with E-state index in [1.165, 1.54) is 0 Å². The van der Waals surface area contributed by atoms with E-state index in [1.807, 2.05) is 48.5 Å². The van der Waals surface area contributed by atoms with Gasteiger partial charge in [0.05, 0.1) is 5.57 Å². The molecule has 6 heteroatoms. The van der Waals surface area contributed by atoms with Crippen molar-refractivity contribution in [2.75, 3.05) is 4.90 Å². The van der Waals surface area contributed by atoms with Crippen LogP contribution in [0.4, 0.5) is 15.0 Å². The van der Waals surface area contributed by atoms with Gasteiger partial charge in [-0.15, -0.1) is 34.0 Å². The lowest BCUT2D eigenvalue weighted by molar-refractivity contribution is 0.0990. The predicted molar refractivity (Wildman–Crippen MR) is 153 cm³/mol. The minimum Gasteiger partial charge on any atom is -0.288 e. The van der Waals surface area contributed by atoms with Crippen LogP contribution in [0, 0.1) is 0 Å². The van der Waals surface area contributed by atoms with Gasteiger partial charge in [0.2, 0.25) is 0 Å². The first kappa shape index (κ1) is 21.4. The Hall–Kier alpha value is -3.84. The summed E-state index contributed by atoms with van der Waals surface area (Å²) in [6.07, 6.45) is 1.75. The number of anilines is 3. The molecule has 6 aromatic rings. The second-order valence-electron chi connectivity index (χ2n) is 8.57. The number of rotatable bonds is 4. The average Bonchev–Trinajstić information content (AvgIpc) is 3.71. The standard InChI is InChI=1S/C30H17NO2S3/c32-29-23-15-20-13-18-5-1-2-6-19(18)14-21(20)16-24(23)30(33)25(29)17-22-9-10-28(36-22)31(26-7-3-11-34-26)27-8-4-12-35-27/h1-17H. The van der Waals surface area contributed by atoms with Crippen LogP contribution in [0.2, 0.25) is 0 Å². The van der Waals surface area contributed by atoms with E-state index in [1.54, 1.807) is 40.1 Å². The number of hydrogen-bond acceptors (Lipinski definition) is 6. The van der Waals surface area contributed by atoms with Crippen LogP contribution in [0.15, 0.2) is 101 Å². The molecule has 1 aliphatic rings. The minimum absolute atomic E-state index is 0.201. The van der Waals surface area contributed by atoms with E-state index >= 15 is 0 Å². The van der Waals surface area contributed by atoms with Gasteiger partial charge in [-0.05, 0) is 99.0 Å². The number of fused-ring (bicyclic) bond motifs is 3. The van der Waals surface area contributed by atoms with Gasteiger partial charge in [0.1, 0.15) is 15.0 Å². The molecule has 3 nitrogen and oxygen atoms in total. The maximum Gasteiger partial charge on any atom is 0.197 e. The molecule has 1 aliphatic carbocycles. The van der Waals surface area contributed by atoms with Gasteiger partial charge in [-0.2, -0.15) is 0 Å². The molecule has 36 heavy (non-hydrogen) atoms. The molecule has 3 aromatic heterocycles. The lowest BCUT2D eigenvalue weighted by atomic mass is 9.99. The first-order valence-corrected chi connectivity index (χ1v) is 14.0. The van der Waals surface area contributed by atoms with E-state index in [0.717, 1.165) is 41.4 Å². The number of benzene rings is 3. The fourth-order valence-corrected chi connectivity index (χ4v) is 7.36. The van der Waals surface area contributed by atoms with E-state index in [-0.39, 0.29) is 17.1 Å². The maximum absolute atomic E-state index is 13.3. The van der Waals surface area contributed by atoms with E-state index < -0.39 is 0 Å². The predicted octanol–water partition coefficient (Wildman–Crippen LogP) is 9.11. The van der Waals surface area contributed by atoms with Crippen LogP contribution >= 0.6 is 34.0 Å². The fraction of sp³-hybridized carbons (Fsp3) is 0. The molecule has 3 heterocycles. The highest BCUT2D eigenvalue weighted by atomic mass is 32.1. The Balaban J connectivity index is 1.28. The second kappa shape index (κ2) is 8.38. The molecule has 0 saturated carbocycles. The summed E-state index contributed by atoms with van der Waals surface area (Å²) in [7, 11) is 0. The van der Waals surface area contributed by atoms with Gasteiger partial charge in [-0.25, -0.2) is 0 Å². The zero-order valence-electron chi connectivity index (χ0n) is 18.8. The molecular weight excluding hydrogens is 503 g/mol. The van der Waals surface area contributed by atoms with Crippen molar-refractivity contribution in [1.29, 1.82) is 0 Å². The van der Waals surface area contributed by atoms with Crippen LogP contribution in [0.25, 0.3) is 27.6 Å². The molecule has 0 amide bonds. The Morgan fingerprint density at radius 1 is 0.583 bits per heavy atom. The van der Waals surface area contributed by atoms with Crippen LogP contribution in [0.3, 0.4) is 0 Å². The number of hydrogen-bond donors (Lipinski definition) is 0. The van der Waals surface area contributed by atoms with Gasteiger partial charge >= 0.3 is 0 Å². The third-order valence-corrected chi connectivity index (χ3v) is 9.12. The van der Waals surface area contributed by atoms with E-state index in [4.69, 9.17) is 0 Å². The Morgan fingerprint density at radius 2 is 1.17 bits per heavy atom. The summed E-state index contributed by atoms with van der Waals surface area (Å²) >= 11 is 4.92. The number of Topliss-reactive ketones (excluding diaryl/α,β-unsaturated/α-hetero) is 2. The van der Waals surface area contributed by atoms with Gasteiger partial charge in [0.15, 0.2) is 11.6 Å². The Labute approximate surface area is 219 Å². The second-order valence-corrected chi connectivity index (χ2v) is 11.5. The smallest absolute Gasteiger partial charge is 0.197 e. The number of nitrogens with zero attached hydrogens (tertiary/aromatic N) is 1. The van der Waals surface area contributed by atoms with Crippen molar-refractivity contribution < 1.29 is 9.59 Å². The molecule has 0 radical (unpaired) electrons. The van der Waals surface area contributed by atoms with Crippen molar-refractivity contribution >= 4 is 88.2 Å². The van der Waals surface area contributed by atoms with Crippen LogP contribution in [-0.4, -0.2) is 11.6 Å². The third kappa shape index (κ3) is 3.45. The lowest BCUT2D eigenvalue weighted by Gasteiger charge is -2.19. The summed E-state index contributed by atoms with van der Waals surface area (Å²) in [4.78, 5) is 29.8. The van der Waals surface area contributed by atoms with E-state index in [2.05, 4.69) is 52.1 Å². The molecule has 0 saturated heterocycles. The fourth-order valence-electron chi connectivity index (χ4n) is 4.69. The number of allylic oxidation sites excluding steroid dienone is 1. The van der Waals surface area contributed by atoms with Crippen molar-refractivity contribution in [3.63, 3.8) is 0 Å². The number of carbonyl (C=O) groups is 2. The Kier molecular flexibility index (Phi) is 4.99. The summed E-state index contributed by atoms with van der Waals surface area (Å²) in [5.74, 6) is -0.401. The van der Waals surface area contributed by atoms with Crippen LogP contribution < -0.4 is 4.90 Å². The van der Waals surface area contributed by atoms with Gasteiger partial charge in [0, 0.05) is 16.0 Å². The molecular formula is C30H17NO2S3. The molecule has 0 unspecified atom stereocenters. The van der Waals surface area contributed by atoms with Crippen molar-refractivity contribution in [2.24, 2.45) is 0 Å². The number of thiophene rings is 3. The summed E-state index contributed by atoms with van der Waals surface area (Å²) < 4.78 is 0. The van der Waals surface area contributed by atoms with Gasteiger partial charge in [-0.1, -0.05) is 24.3 Å². The summed E-state index contributed by atoms with van der Waals surface area (Å²) in [6, 6.07) is 28.3. The number of carbonyl (C=O) groups excluding carboxylic acids is 2. The molecule has 172 valence electrons. The summed E-state index contributed by atoms with van der Waals surface area (Å²) in [5.41, 5.74) is 1.21. The van der Waals surface area contributed by atoms with Crippen molar-refractivity contribution in [3.8, 4) is 0 Å².